The third kappa shape index (κ3) is 3.94. The molecule has 152 valence electrons. The van der Waals surface area contributed by atoms with E-state index in [1.165, 1.54) is 6.07 Å². The summed E-state index contributed by atoms with van der Waals surface area (Å²) in [4.78, 5) is 27.4. The molecule has 0 spiro atoms. The molecule has 3 aromatic rings. The Balaban J connectivity index is 1.60. The third-order valence-corrected chi connectivity index (χ3v) is 5.27. The van der Waals surface area contributed by atoms with Gasteiger partial charge in [0.1, 0.15) is 0 Å². The zero-order valence-electron chi connectivity index (χ0n) is 16.4. The van der Waals surface area contributed by atoms with Crippen molar-refractivity contribution in [3.8, 4) is 0 Å². The van der Waals surface area contributed by atoms with E-state index in [2.05, 4.69) is 5.32 Å². The molecule has 4 nitrogen and oxygen atoms in total. The maximum absolute atomic E-state index is 13.5. The molecule has 0 fully saturated rings. The Bertz CT molecular complexity index is 1110. The van der Waals surface area contributed by atoms with Crippen LogP contribution in [0, 0.1) is 18.6 Å². The Labute approximate surface area is 173 Å². The molecule has 1 heterocycles. The summed E-state index contributed by atoms with van der Waals surface area (Å²) in [6.07, 6.45) is -0.0121. The maximum Gasteiger partial charge on any atom is 0.255 e. The summed E-state index contributed by atoms with van der Waals surface area (Å²) in [6.45, 7) is 2.37. The second-order valence-electron chi connectivity index (χ2n) is 7.40. The van der Waals surface area contributed by atoms with Crippen LogP contribution in [0.25, 0.3) is 0 Å². The normalized spacial score (nSPS) is 13.8. The van der Waals surface area contributed by atoms with Crippen molar-refractivity contribution in [2.45, 2.75) is 25.9 Å². The van der Waals surface area contributed by atoms with Gasteiger partial charge in [-0.05, 0) is 36.2 Å². The van der Waals surface area contributed by atoms with Crippen LogP contribution in [0.15, 0.2) is 66.7 Å². The first-order valence-electron chi connectivity index (χ1n) is 9.63. The molecule has 0 aromatic heterocycles. The summed E-state index contributed by atoms with van der Waals surface area (Å²) in [5, 5.41) is 2.60. The van der Waals surface area contributed by atoms with Crippen molar-refractivity contribution in [2.75, 3.05) is 5.32 Å². The molecule has 0 saturated carbocycles. The number of benzene rings is 3. The van der Waals surface area contributed by atoms with Gasteiger partial charge >= 0.3 is 0 Å². The lowest BCUT2D eigenvalue weighted by Gasteiger charge is -2.28. The van der Waals surface area contributed by atoms with E-state index in [0.29, 0.717) is 12.1 Å². The van der Waals surface area contributed by atoms with E-state index in [0.717, 1.165) is 28.8 Å². The minimum Gasteiger partial charge on any atom is -0.327 e. The molecular formula is C24H20F2N2O2. The van der Waals surface area contributed by atoms with Gasteiger partial charge in [0, 0.05) is 23.9 Å². The summed E-state index contributed by atoms with van der Waals surface area (Å²) in [7, 11) is 0. The molecule has 0 aliphatic carbocycles. The van der Waals surface area contributed by atoms with Gasteiger partial charge in [0.2, 0.25) is 5.91 Å². The number of hydrogen-bond acceptors (Lipinski definition) is 2. The average Bonchev–Trinajstić information content (AvgIpc) is 3.06. The zero-order valence-corrected chi connectivity index (χ0v) is 16.4. The van der Waals surface area contributed by atoms with Crippen molar-refractivity contribution in [3.05, 3.63) is 101 Å². The number of fused-ring (bicyclic) bond motifs is 1. The predicted molar refractivity (Wildman–Crippen MR) is 110 cm³/mol. The summed E-state index contributed by atoms with van der Waals surface area (Å²) >= 11 is 0. The summed E-state index contributed by atoms with van der Waals surface area (Å²) < 4.78 is 26.6. The van der Waals surface area contributed by atoms with Crippen molar-refractivity contribution < 1.29 is 18.4 Å². The van der Waals surface area contributed by atoms with E-state index in [9.17, 15) is 18.4 Å². The average molecular weight is 406 g/mol. The second-order valence-corrected chi connectivity index (χ2v) is 7.40. The van der Waals surface area contributed by atoms with E-state index in [-0.39, 0.29) is 18.0 Å². The Morgan fingerprint density at radius 2 is 1.77 bits per heavy atom. The Morgan fingerprint density at radius 3 is 2.47 bits per heavy atom. The van der Waals surface area contributed by atoms with E-state index in [1.807, 2.05) is 49.4 Å². The lowest BCUT2D eigenvalue weighted by Crippen LogP contribution is -2.32. The lowest BCUT2D eigenvalue weighted by molar-refractivity contribution is -0.117. The molecule has 6 heteroatoms. The van der Waals surface area contributed by atoms with Crippen LogP contribution in [0.1, 0.15) is 39.5 Å². The van der Waals surface area contributed by atoms with Crippen LogP contribution in [0.5, 0.6) is 0 Å². The van der Waals surface area contributed by atoms with Crippen LogP contribution in [-0.4, -0.2) is 16.7 Å². The van der Waals surface area contributed by atoms with Crippen molar-refractivity contribution in [3.63, 3.8) is 0 Å². The number of aryl methyl sites for hydroxylation is 1. The van der Waals surface area contributed by atoms with Gasteiger partial charge < -0.3 is 10.2 Å². The topological polar surface area (TPSA) is 49.4 Å². The fourth-order valence-electron chi connectivity index (χ4n) is 3.69. The minimum absolute atomic E-state index is 0.0121. The summed E-state index contributed by atoms with van der Waals surface area (Å²) in [5.74, 6) is -2.54. The van der Waals surface area contributed by atoms with Gasteiger partial charge in [-0.1, -0.05) is 48.0 Å². The van der Waals surface area contributed by atoms with Crippen molar-refractivity contribution in [2.24, 2.45) is 0 Å². The number of hydrogen-bond donors (Lipinski definition) is 1. The van der Waals surface area contributed by atoms with Gasteiger partial charge in [-0.25, -0.2) is 8.78 Å². The number of nitrogens with one attached hydrogen (secondary N) is 1. The lowest BCUT2D eigenvalue weighted by atomic mass is 10.00. The first kappa shape index (κ1) is 19.8. The predicted octanol–water partition coefficient (Wildman–Crippen LogP) is 5.00. The van der Waals surface area contributed by atoms with Crippen LogP contribution in [0.4, 0.5) is 14.5 Å². The van der Waals surface area contributed by atoms with Crippen LogP contribution in [-0.2, 0) is 11.3 Å². The molecular weight excluding hydrogens is 386 g/mol. The highest BCUT2D eigenvalue weighted by molar-refractivity contribution is 5.99. The van der Waals surface area contributed by atoms with Gasteiger partial charge in [0.05, 0.1) is 12.5 Å². The highest BCUT2D eigenvalue weighted by Crippen LogP contribution is 2.34. The molecule has 0 unspecified atom stereocenters. The minimum atomic E-state index is -1.03. The largest absolute Gasteiger partial charge is 0.327 e. The van der Waals surface area contributed by atoms with Crippen LogP contribution >= 0.6 is 0 Å². The molecule has 0 radical (unpaired) electrons. The maximum atomic E-state index is 13.5. The second kappa shape index (κ2) is 8.06. The van der Waals surface area contributed by atoms with Crippen molar-refractivity contribution in [1.29, 1.82) is 0 Å². The summed E-state index contributed by atoms with van der Waals surface area (Å²) in [5.41, 5.74) is 3.62. The molecule has 3 aromatic carbocycles. The molecule has 4 rings (SSSR count). The van der Waals surface area contributed by atoms with Gasteiger partial charge in [0.25, 0.3) is 5.91 Å². The quantitative estimate of drug-likeness (QED) is 0.648. The van der Waals surface area contributed by atoms with Gasteiger partial charge in [-0.2, -0.15) is 0 Å². The molecule has 1 aliphatic rings. The number of carbonyl (C=O) groups is 2. The van der Waals surface area contributed by atoms with E-state index in [4.69, 9.17) is 0 Å². The summed E-state index contributed by atoms with van der Waals surface area (Å²) in [6, 6.07) is 17.8. The van der Waals surface area contributed by atoms with E-state index in [1.54, 1.807) is 11.0 Å². The first-order valence-corrected chi connectivity index (χ1v) is 9.63. The zero-order chi connectivity index (χ0) is 21.3. The number of amides is 2. The number of halogens is 2. The Hall–Kier alpha value is -3.54. The van der Waals surface area contributed by atoms with Crippen LogP contribution < -0.4 is 5.32 Å². The monoisotopic (exact) mass is 406 g/mol. The number of anilines is 1. The number of nitrogens with zero attached hydrogens (tertiary/aromatic N) is 1. The number of carbonyl (C=O) groups excluding carboxylic acids is 2. The fourth-order valence-corrected chi connectivity index (χ4v) is 3.69. The number of rotatable bonds is 5. The Kier molecular flexibility index (Phi) is 5.31. The van der Waals surface area contributed by atoms with Crippen molar-refractivity contribution in [1.82, 2.24) is 4.90 Å². The van der Waals surface area contributed by atoms with Gasteiger partial charge in [0.15, 0.2) is 11.6 Å². The van der Waals surface area contributed by atoms with Crippen LogP contribution in [0.3, 0.4) is 0 Å². The van der Waals surface area contributed by atoms with E-state index < -0.39 is 23.6 Å². The Morgan fingerprint density at radius 1 is 1.03 bits per heavy atom. The van der Waals surface area contributed by atoms with E-state index >= 15 is 0 Å². The highest BCUT2D eigenvalue weighted by atomic mass is 19.2. The molecule has 0 bridgehead atoms. The third-order valence-electron chi connectivity index (χ3n) is 5.27. The first-order chi connectivity index (χ1) is 14.4. The molecule has 1 atom stereocenters. The molecule has 1 aliphatic heterocycles. The van der Waals surface area contributed by atoms with Crippen molar-refractivity contribution >= 4 is 17.5 Å². The highest BCUT2D eigenvalue weighted by Gasteiger charge is 2.34. The smallest absolute Gasteiger partial charge is 0.255 e. The van der Waals surface area contributed by atoms with Crippen LogP contribution in [0.2, 0.25) is 0 Å². The standard InChI is InChI=1S/C24H20F2N2O2/c1-15-6-8-16(9-7-15)22(28-14-17-4-2-3-5-19(17)24(28)30)13-23(29)27-18-10-11-20(25)21(26)12-18/h2-12,22H,13-14H2,1H3,(H,27,29)/t22-/m0/s1. The molecule has 1 N–H and O–H groups in total. The molecule has 2 amide bonds. The molecule has 30 heavy (non-hydrogen) atoms. The molecule has 0 saturated heterocycles. The SMILES string of the molecule is Cc1ccc([C@H](CC(=O)Nc2ccc(F)c(F)c2)N2Cc3ccccc3C2=O)cc1. The fraction of sp³-hybridized carbons (Fsp3) is 0.167. The van der Waals surface area contributed by atoms with Gasteiger partial charge in [-0.3, -0.25) is 9.59 Å². The van der Waals surface area contributed by atoms with Gasteiger partial charge in [-0.15, -0.1) is 0 Å².